The van der Waals surface area contributed by atoms with Gasteiger partial charge in [-0.25, -0.2) is 0 Å². The van der Waals surface area contributed by atoms with E-state index in [1.807, 2.05) is 0 Å². The summed E-state index contributed by atoms with van der Waals surface area (Å²) in [5, 5.41) is 3.81. The third-order valence-electron chi connectivity index (χ3n) is 3.60. The van der Waals surface area contributed by atoms with Gasteiger partial charge in [-0.15, -0.1) is 12.4 Å². The van der Waals surface area contributed by atoms with Gasteiger partial charge in [0.05, 0.1) is 0 Å². The molecule has 1 aromatic carbocycles. The van der Waals surface area contributed by atoms with Crippen LogP contribution < -0.4 is 5.32 Å². The molecule has 0 amide bonds. The lowest BCUT2D eigenvalue weighted by molar-refractivity contribution is 0.217. The van der Waals surface area contributed by atoms with Crippen molar-refractivity contribution in [3.05, 3.63) is 35.9 Å². The fourth-order valence-corrected chi connectivity index (χ4v) is 2.98. The summed E-state index contributed by atoms with van der Waals surface area (Å²) in [4.78, 5) is 0. The van der Waals surface area contributed by atoms with Crippen LogP contribution in [0.15, 0.2) is 30.3 Å². The first-order valence-corrected chi connectivity index (χ1v) is 6.56. The van der Waals surface area contributed by atoms with Crippen LogP contribution in [0.3, 0.4) is 0 Å². The minimum Gasteiger partial charge on any atom is -0.305 e. The van der Waals surface area contributed by atoms with Gasteiger partial charge >= 0.3 is 0 Å². The molecule has 1 aliphatic rings. The number of benzene rings is 1. The van der Waals surface area contributed by atoms with Crippen molar-refractivity contribution < 1.29 is 0 Å². The van der Waals surface area contributed by atoms with Crippen molar-refractivity contribution in [2.45, 2.75) is 57.5 Å². The predicted octanol–water partition coefficient (Wildman–Crippen LogP) is 4.27. The lowest BCUT2D eigenvalue weighted by atomic mass is 9.76. The van der Waals surface area contributed by atoms with E-state index in [2.05, 4.69) is 49.5 Å². The third-order valence-corrected chi connectivity index (χ3v) is 3.60. The quantitative estimate of drug-likeness (QED) is 0.849. The van der Waals surface area contributed by atoms with Gasteiger partial charge in [0.1, 0.15) is 0 Å². The van der Waals surface area contributed by atoms with Crippen LogP contribution in [0.2, 0.25) is 0 Å². The molecule has 17 heavy (non-hydrogen) atoms. The van der Waals surface area contributed by atoms with Crippen LogP contribution in [0.5, 0.6) is 0 Å². The first kappa shape index (κ1) is 14.5. The summed E-state index contributed by atoms with van der Waals surface area (Å²) in [5.41, 5.74) is 1.72. The van der Waals surface area contributed by atoms with Gasteiger partial charge in [-0.05, 0) is 18.4 Å². The predicted molar refractivity (Wildman–Crippen MR) is 76.7 cm³/mol. The zero-order valence-electron chi connectivity index (χ0n) is 10.9. The summed E-state index contributed by atoms with van der Waals surface area (Å²) in [5.74, 6) is 0. The summed E-state index contributed by atoms with van der Waals surface area (Å²) in [6.45, 7) is 4.50. The Morgan fingerprint density at radius 2 is 1.59 bits per heavy atom. The van der Waals surface area contributed by atoms with E-state index in [0.717, 1.165) is 0 Å². The highest BCUT2D eigenvalue weighted by molar-refractivity contribution is 5.85. The Kier molecular flexibility index (Phi) is 5.48. The minimum atomic E-state index is 0. The van der Waals surface area contributed by atoms with Crippen molar-refractivity contribution in [2.75, 3.05) is 0 Å². The molecule has 0 unspecified atom stereocenters. The van der Waals surface area contributed by atoms with Gasteiger partial charge < -0.3 is 5.32 Å². The van der Waals surface area contributed by atoms with Gasteiger partial charge in [0.2, 0.25) is 0 Å². The summed E-state index contributed by atoms with van der Waals surface area (Å²) < 4.78 is 0. The van der Waals surface area contributed by atoms with Crippen LogP contribution in [0.4, 0.5) is 0 Å². The molecular formula is C15H24ClN. The minimum absolute atomic E-state index is 0. The number of rotatable bonds is 3. The highest BCUT2D eigenvalue weighted by Gasteiger charge is 2.33. The van der Waals surface area contributed by atoms with E-state index in [1.54, 1.807) is 0 Å². The van der Waals surface area contributed by atoms with E-state index < -0.39 is 0 Å². The summed E-state index contributed by atoms with van der Waals surface area (Å²) >= 11 is 0. The van der Waals surface area contributed by atoms with Crippen molar-refractivity contribution in [3.63, 3.8) is 0 Å². The molecule has 1 saturated carbocycles. The summed E-state index contributed by atoms with van der Waals surface area (Å²) in [6, 6.07) is 11.5. The second-order valence-electron chi connectivity index (χ2n) is 5.31. The highest BCUT2D eigenvalue weighted by atomic mass is 35.5. The molecule has 0 bridgehead atoms. The van der Waals surface area contributed by atoms with E-state index in [4.69, 9.17) is 0 Å². The molecule has 2 rings (SSSR count). The SMILES string of the molecule is CC(C)NC1(c2ccccc2)CCCCC1.Cl. The lowest BCUT2D eigenvalue weighted by Crippen LogP contribution is -2.47. The van der Waals surface area contributed by atoms with Crippen LogP contribution in [0, 0.1) is 0 Å². The molecule has 2 heteroatoms. The lowest BCUT2D eigenvalue weighted by Gasteiger charge is -2.40. The Morgan fingerprint density at radius 1 is 1.00 bits per heavy atom. The van der Waals surface area contributed by atoms with E-state index in [-0.39, 0.29) is 17.9 Å². The number of hydrogen-bond donors (Lipinski definition) is 1. The van der Waals surface area contributed by atoms with Crippen LogP contribution in [-0.2, 0) is 5.54 Å². The Bertz CT molecular complexity index is 315. The zero-order valence-corrected chi connectivity index (χ0v) is 11.7. The Labute approximate surface area is 111 Å². The normalized spacial score (nSPS) is 18.8. The van der Waals surface area contributed by atoms with Gasteiger partial charge in [0.15, 0.2) is 0 Å². The first-order valence-electron chi connectivity index (χ1n) is 6.56. The average Bonchev–Trinajstić information content (AvgIpc) is 2.30. The van der Waals surface area contributed by atoms with Gasteiger partial charge in [-0.1, -0.05) is 63.4 Å². The van der Waals surface area contributed by atoms with Crippen molar-refractivity contribution >= 4 is 12.4 Å². The maximum atomic E-state index is 3.81. The van der Waals surface area contributed by atoms with Gasteiger partial charge in [-0.2, -0.15) is 0 Å². The summed E-state index contributed by atoms with van der Waals surface area (Å²) in [7, 11) is 0. The second kappa shape index (κ2) is 6.42. The fourth-order valence-electron chi connectivity index (χ4n) is 2.98. The maximum Gasteiger partial charge on any atom is 0.0436 e. The number of halogens is 1. The van der Waals surface area contributed by atoms with Gasteiger partial charge in [0, 0.05) is 11.6 Å². The zero-order chi connectivity index (χ0) is 11.4. The van der Waals surface area contributed by atoms with Crippen molar-refractivity contribution in [1.29, 1.82) is 0 Å². The van der Waals surface area contributed by atoms with Crippen molar-refractivity contribution in [3.8, 4) is 0 Å². The van der Waals surface area contributed by atoms with Crippen LogP contribution in [-0.4, -0.2) is 6.04 Å². The molecule has 0 heterocycles. The van der Waals surface area contributed by atoms with Crippen LogP contribution in [0.25, 0.3) is 0 Å². The van der Waals surface area contributed by atoms with Crippen LogP contribution >= 0.6 is 12.4 Å². The van der Waals surface area contributed by atoms with Gasteiger partial charge in [0.25, 0.3) is 0 Å². The molecule has 0 aromatic heterocycles. The largest absolute Gasteiger partial charge is 0.305 e. The smallest absolute Gasteiger partial charge is 0.0436 e. The van der Waals surface area contributed by atoms with E-state index in [9.17, 15) is 0 Å². The molecule has 96 valence electrons. The summed E-state index contributed by atoms with van der Waals surface area (Å²) in [6.07, 6.45) is 6.68. The Balaban J connectivity index is 0.00000144. The molecule has 1 aliphatic carbocycles. The third kappa shape index (κ3) is 3.46. The molecular weight excluding hydrogens is 230 g/mol. The highest BCUT2D eigenvalue weighted by Crippen LogP contribution is 2.37. The second-order valence-corrected chi connectivity index (χ2v) is 5.31. The number of nitrogens with one attached hydrogen (secondary N) is 1. The molecule has 1 aromatic rings. The molecule has 0 spiro atoms. The average molecular weight is 254 g/mol. The Morgan fingerprint density at radius 3 is 2.12 bits per heavy atom. The molecule has 0 atom stereocenters. The molecule has 1 N–H and O–H groups in total. The van der Waals surface area contributed by atoms with Crippen molar-refractivity contribution in [1.82, 2.24) is 5.32 Å². The first-order chi connectivity index (χ1) is 7.73. The monoisotopic (exact) mass is 253 g/mol. The molecule has 0 saturated heterocycles. The Hall–Kier alpha value is -0.530. The van der Waals surface area contributed by atoms with E-state index in [0.29, 0.717) is 6.04 Å². The maximum absolute atomic E-state index is 3.81. The standard InChI is InChI=1S/C15H23N.ClH/c1-13(2)16-15(11-7-4-8-12-15)14-9-5-3-6-10-14;/h3,5-6,9-10,13,16H,4,7-8,11-12H2,1-2H3;1H. The molecule has 0 aliphatic heterocycles. The van der Waals surface area contributed by atoms with E-state index in [1.165, 1.54) is 37.7 Å². The van der Waals surface area contributed by atoms with E-state index >= 15 is 0 Å². The molecule has 0 radical (unpaired) electrons. The van der Waals surface area contributed by atoms with Gasteiger partial charge in [-0.3, -0.25) is 0 Å². The number of hydrogen-bond acceptors (Lipinski definition) is 1. The van der Waals surface area contributed by atoms with Crippen molar-refractivity contribution in [2.24, 2.45) is 0 Å². The molecule has 1 fully saturated rings. The topological polar surface area (TPSA) is 12.0 Å². The van der Waals surface area contributed by atoms with Crippen LogP contribution in [0.1, 0.15) is 51.5 Å². The molecule has 1 nitrogen and oxygen atoms in total. The fraction of sp³-hybridized carbons (Fsp3) is 0.600.